The monoisotopic (exact) mass is 228 g/mol. The second-order valence-corrected chi connectivity index (χ2v) is 2.32. The average Bonchev–Trinajstić information content (AvgIpc) is 2.18. The number of rotatable bonds is 4. The largest absolute Gasteiger partial charge is 0.481 e. The van der Waals surface area contributed by atoms with Crippen molar-refractivity contribution in [2.45, 2.75) is 20.3 Å². The molecule has 7 heteroatoms. The third-order valence-electron chi connectivity index (χ3n) is 1.07. The van der Waals surface area contributed by atoms with E-state index in [1.165, 1.54) is 6.92 Å². The molecular formula is C9H12N2O5. The van der Waals surface area contributed by atoms with E-state index in [1.54, 1.807) is 0 Å². The number of hydrogen-bond donors (Lipinski definition) is 1. The molecule has 88 valence electrons. The van der Waals surface area contributed by atoms with Gasteiger partial charge in [-0.1, -0.05) is 13.5 Å². The van der Waals surface area contributed by atoms with Crippen LogP contribution < -0.4 is 0 Å². The predicted octanol–water partition coefficient (Wildman–Crippen LogP) is 0.414. The minimum atomic E-state index is -1.00. The Morgan fingerprint density at radius 3 is 2.19 bits per heavy atom. The van der Waals surface area contributed by atoms with Crippen LogP contribution in [0.3, 0.4) is 0 Å². The molecule has 0 rings (SSSR count). The first-order valence-electron chi connectivity index (χ1n) is 4.17. The molecule has 0 saturated carbocycles. The third-order valence-corrected chi connectivity index (χ3v) is 1.07. The van der Waals surface area contributed by atoms with Crippen molar-refractivity contribution in [3.8, 4) is 0 Å². The molecular weight excluding hydrogens is 216 g/mol. The molecule has 0 amide bonds. The highest BCUT2D eigenvalue weighted by Crippen LogP contribution is 1.88. The van der Waals surface area contributed by atoms with Gasteiger partial charge in [-0.3, -0.25) is 9.59 Å². The zero-order valence-corrected chi connectivity index (χ0v) is 8.97. The van der Waals surface area contributed by atoms with E-state index >= 15 is 0 Å². The van der Waals surface area contributed by atoms with Gasteiger partial charge in [-0.15, -0.1) is 0 Å². The van der Waals surface area contributed by atoms with E-state index in [9.17, 15) is 9.59 Å². The summed E-state index contributed by atoms with van der Waals surface area (Å²) in [4.78, 5) is 33.1. The first kappa shape index (κ1) is 16.2. The Labute approximate surface area is 91.9 Å². The highest BCUT2D eigenvalue weighted by Gasteiger charge is 2.28. The lowest BCUT2D eigenvalue weighted by Crippen LogP contribution is -2.25. The number of carboxylic acid groups (broad SMARTS) is 1. The Morgan fingerprint density at radius 2 is 1.94 bits per heavy atom. The summed E-state index contributed by atoms with van der Waals surface area (Å²) in [6.45, 7) is 5.73. The molecule has 0 saturated heterocycles. The summed E-state index contributed by atoms with van der Waals surface area (Å²) in [6.07, 6.45) is 0.933. The van der Waals surface area contributed by atoms with Crippen LogP contribution >= 0.6 is 0 Å². The van der Waals surface area contributed by atoms with Crippen molar-refractivity contribution in [1.29, 1.82) is 0 Å². The van der Waals surface area contributed by atoms with E-state index in [4.69, 9.17) is 15.4 Å². The number of hydrogen-bond acceptors (Lipinski definition) is 4. The van der Waals surface area contributed by atoms with Crippen molar-refractivity contribution in [3.63, 3.8) is 0 Å². The van der Waals surface area contributed by atoms with E-state index < -0.39 is 23.4 Å². The molecule has 0 aliphatic heterocycles. The number of carbonyl (C=O) groups is 3. The molecule has 0 spiro atoms. The number of ketones is 1. The minimum Gasteiger partial charge on any atom is -0.481 e. The van der Waals surface area contributed by atoms with Crippen molar-refractivity contribution in [3.05, 3.63) is 18.4 Å². The standard InChI is InChI=1S/C7H8N2O3.C2H4O2/c1-3-5(10)6(9-8)7(11)12-4-2;1-2(3)4/h4H,2-3H2,1H3;1H3,(H,3,4). The zero-order valence-electron chi connectivity index (χ0n) is 8.97. The Bertz CT molecular complexity index is 338. The Hall–Kier alpha value is -2.27. The van der Waals surface area contributed by atoms with Crippen LogP contribution in [0.15, 0.2) is 12.8 Å². The molecule has 0 aromatic carbocycles. The summed E-state index contributed by atoms with van der Waals surface area (Å²) in [5, 5.41) is 7.42. The fourth-order valence-electron chi connectivity index (χ4n) is 0.509. The van der Waals surface area contributed by atoms with Gasteiger partial charge in [-0.05, 0) is 0 Å². The normalized spacial score (nSPS) is 7.62. The second kappa shape index (κ2) is 9.29. The Balaban J connectivity index is 0. The third kappa shape index (κ3) is 8.33. The molecule has 0 bridgehead atoms. The van der Waals surface area contributed by atoms with Crippen molar-refractivity contribution < 1.29 is 29.0 Å². The van der Waals surface area contributed by atoms with Crippen LogP contribution in [0.5, 0.6) is 0 Å². The molecule has 1 N–H and O–H groups in total. The van der Waals surface area contributed by atoms with Crippen LogP contribution in [0.25, 0.3) is 5.53 Å². The van der Waals surface area contributed by atoms with Crippen LogP contribution in [-0.2, 0) is 19.1 Å². The number of esters is 1. The number of ether oxygens (including phenoxy) is 1. The highest BCUT2D eigenvalue weighted by atomic mass is 16.5. The number of Topliss-reactive ketones (excluding diaryl/α,β-unsaturated/α-hetero) is 1. The summed E-state index contributed by atoms with van der Waals surface area (Å²) in [5.41, 5.74) is 7.64. The summed E-state index contributed by atoms with van der Waals surface area (Å²) in [7, 11) is 0. The maximum Gasteiger partial charge on any atom is 0.441 e. The molecule has 0 heterocycles. The predicted molar refractivity (Wildman–Crippen MR) is 53.5 cm³/mol. The van der Waals surface area contributed by atoms with Gasteiger partial charge in [0.2, 0.25) is 0 Å². The minimum absolute atomic E-state index is 0.0750. The average molecular weight is 228 g/mol. The fourth-order valence-corrected chi connectivity index (χ4v) is 0.509. The van der Waals surface area contributed by atoms with Crippen LogP contribution in [0.1, 0.15) is 20.3 Å². The molecule has 0 fully saturated rings. The number of aliphatic carboxylic acids is 1. The molecule has 0 aromatic heterocycles. The Morgan fingerprint density at radius 1 is 1.50 bits per heavy atom. The summed E-state index contributed by atoms with van der Waals surface area (Å²) >= 11 is 0. The number of nitrogens with zero attached hydrogens (tertiary/aromatic N) is 2. The Kier molecular flexibility index (Phi) is 9.39. The van der Waals surface area contributed by atoms with Crippen molar-refractivity contribution in [1.82, 2.24) is 0 Å². The highest BCUT2D eigenvalue weighted by molar-refractivity contribution is 6.62. The van der Waals surface area contributed by atoms with Crippen LogP contribution in [0.4, 0.5) is 0 Å². The lowest BCUT2D eigenvalue weighted by Gasteiger charge is -1.90. The van der Waals surface area contributed by atoms with Crippen molar-refractivity contribution >= 4 is 23.4 Å². The molecule has 0 aliphatic rings. The maximum atomic E-state index is 10.8. The smallest absolute Gasteiger partial charge is 0.441 e. The first-order chi connectivity index (χ1) is 7.40. The summed E-state index contributed by atoms with van der Waals surface area (Å²) in [6, 6.07) is 0. The van der Waals surface area contributed by atoms with E-state index in [2.05, 4.69) is 16.1 Å². The van der Waals surface area contributed by atoms with Crippen molar-refractivity contribution in [2.75, 3.05) is 0 Å². The van der Waals surface area contributed by atoms with Gasteiger partial charge in [0.05, 0.1) is 6.26 Å². The van der Waals surface area contributed by atoms with E-state index in [0.29, 0.717) is 0 Å². The maximum absolute atomic E-state index is 10.8. The van der Waals surface area contributed by atoms with Crippen LogP contribution in [0, 0.1) is 0 Å². The number of carboxylic acids is 1. The molecule has 16 heavy (non-hydrogen) atoms. The van der Waals surface area contributed by atoms with E-state index in [0.717, 1.165) is 13.2 Å². The molecule has 0 atom stereocenters. The van der Waals surface area contributed by atoms with Gasteiger partial charge in [0, 0.05) is 13.3 Å². The van der Waals surface area contributed by atoms with Crippen LogP contribution in [-0.4, -0.2) is 33.3 Å². The molecule has 7 nitrogen and oxygen atoms in total. The first-order valence-corrected chi connectivity index (χ1v) is 4.17. The fraction of sp³-hybridized carbons (Fsp3) is 0.333. The number of carbonyl (C=O) groups excluding carboxylic acids is 2. The van der Waals surface area contributed by atoms with Gasteiger partial charge in [-0.2, -0.15) is 4.79 Å². The lowest BCUT2D eigenvalue weighted by molar-refractivity contribution is -0.137. The van der Waals surface area contributed by atoms with Gasteiger partial charge in [-0.25, -0.2) is 4.79 Å². The SMILES string of the molecule is C=COC(=O)C(=[N+]=[N-])C(=O)CC.CC(=O)O. The van der Waals surface area contributed by atoms with Crippen molar-refractivity contribution in [2.24, 2.45) is 0 Å². The van der Waals surface area contributed by atoms with Gasteiger partial charge in [0.15, 0.2) is 0 Å². The molecule has 0 aliphatic carbocycles. The molecule has 0 aromatic rings. The topological polar surface area (TPSA) is 117 Å². The zero-order chi connectivity index (χ0) is 13.1. The van der Waals surface area contributed by atoms with Gasteiger partial charge >= 0.3 is 11.7 Å². The lowest BCUT2D eigenvalue weighted by atomic mass is 10.2. The second-order valence-electron chi connectivity index (χ2n) is 2.32. The van der Waals surface area contributed by atoms with Crippen LogP contribution in [0.2, 0.25) is 0 Å². The summed E-state index contributed by atoms with van der Waals surface area (Å²) < 4.78 is 4.23. The van der Waals surface area contributed by atoms with Gasteiger partial charge in [0.1, 0.15) is 0 Å². The van der Waals surface area contributed by atoms with Gasteiger partial charge in [0.25, 0.3) is 11.8 Å². The van der Waals surface area contributed by atoms with E-state index in [1.807, 2.05) is 0 Å². The quantitative estimate of drug-likeness (QED) is 0.187. The van der Waals surface area contributed by atoms with Gasteiger partial charge < -0.3 is 15.4 Å². The van der Waals surface area contributed by atoms with E-state index in [-0.39, 0.29) is 6.42 Å². The molecule has 0 unspecified atom stereocenters. The molecule has 0 radical (unpaired) electrons. The summed E-state index contributed by atoms with van der Waals surface area (Å²) in [5.74, 6) is -2.41.